The smallest absolute Gasteiger partial charge is 0.251 e. The summed E-state index contributed by atoms with van der Waals surface area (Å²) in [5, 5.41) is 2.86. The molecule has 0 spiro atoms. The number of sulfonamides is 1. The van der Waals surface area contributed by atoms with Gasteiger partial charge in [-0.05, 0) is 49.4 Å². The third kappa shape index (κ3) is 5.28. The molecule has 0 atom stereocenters. The molecule has 2 rings (SSSR count). The van der Waals surface area contributed by atoms with Crippen LogP contribution in [0.15, 0.2) is 29.2 Å². The molecular weight excluding hydrogens is 336 g/mol. The second-order valence-electron chi connectivity index (χ2n) is 7.28. The van der Waals surface area contributed by atoms with Crippen molar-refractivity contribution in [2.24, 2.45) is 5.92 Å². The number of carbonyl (C=O) groups excluding carboxylic acids is 1. The highest BCUT2D eigenvalue weighted by molar-refractivity contribution is 7.89. The molecule has 1 saturated carbocycles. The first-order chi connectivity index (χ1) is 11.8. The summed E-state index contributed by atoms with van der Waals surface area (Å²) in [7, 11) is -1.84. The quantitative estimate of drug-likeness (QED) is 0.804. The first-order valence-corrected chi connectivity index (χ1v) is 10.6. The van der Waals surface area contributed by atoms with Crippen molar-refractivity contribution in [3.63, 3.8) is 0 Å². The lowest BCUT2D eigenvalue weighted by molar-refractivity contribution is 0.0952. The maximum Gasteiger partial charge on any atom is 0.251 e. The summed E-state index contributed by atoms with van der Waals surface area (Å²) >= 11 is 0. The predicted octanol–water partition coefficient (Wildman–Crippen LogP) is 3.42. The zero-order valence-corrected chi connectivity index (χ0v) is 16.3. The number of nitrogens with one attached hydrogen (secondary N) is 1. The fraction of sp³-hybridized carbons (Fsp3) is 0.632. The van der Waals surface area contributed by atoms with E-state index in [2.05, 4.69) is 19.2 Å². The van der Waals surface area contributed by atoms with E-state index in [0.717, 1.165) is 32.1 Å². The number of benzene rings is 1. The fourth-order valence-corrected chi connectivity index (χ4v) is 4.58. The van der Waals surface area contributed by atoms with Crippen LogP contribution in [0.3, 0.4) is 0 Å². The summed E-state index contributed by atoms with van der Waals surface area (Å²) in [6, 6.07) is 6.33. The van der Waals surface area contributed by atoms with Crippen molar-refractivity contribution in [1.82, 2.24) is 9.62 Å². The molecule has 0 radical (unpaired) electrons. The molecular formula is C19H30N2O3S. The molecule has 6 heteroatoms. The number of hydrogen-bond acceptors (Lipinski definition) is 3. The molecule has 140 valence electrons. The van der Waals surface area contributed by atoms with Gasteiger partial charge in [-0.15, -0.1) is 0 Å². The Balaban J connectivity index is 2.03. The zero-order chi connectivity index (χ0) is 18.4. The van der Waals surface area contributed by atoms with Crippen LogP contribution < -0.4 is 5.32 Å². The average molecular weight is 367 g/mol. The number of amides is 1. The summed E-state index contributed by atoms with van der Waals surface area (Å²) in [6.07, 6.45) is 6.12. The van der Waals surface area contributed by atoms with Crippen molar-refractivity contribution in [2.75, 3.05) is 13.6 Å². The molecule has 1 aromatic rings. The van der Waals surface area contributed by atoms with Crippen molar-refractivity contribution < 1.29 is 13.2 Å². The van der Waals surface area contributed by atoms with E-state index >= 15 is 0 Å². The normalized spacial score (nSPS) is 16.4. The zero-order valence-electron chi connectivity index (χ0n) is 15.5. The third-order valence-electron chi connectivity index (χ3n) is 4.89. The molecule has 1 N–H and O–H groups in total. The number of carbonyl (C=O) groups is 1. The van der Waals surface area contributed by atoms with Crippen LogP contribution in [0.5, 0.6) is 0 Å². The summed E-state index contributed by atoms with van der Waals surface area (Å²) in [4.78, 5) is 12.3. The van der Waals surface area contributed by atoms with Crippen LogP contribution in [0.25, 0.3) is 0 Å². The number of hydrogen-bond donors (Lipinski definition) is 1. The molecule has 1 amide bonds. The maximum atomic E-state index is 12.8. The summed E-state index contributed by atoms with van der Waals surface area (Å²) in [6.45, 7) is 4.84. The largest absolute Gasteiger partial charge is 0.352 e. The van der Waals surface area contributed by atoms with Gasteiger partial charge in [0.15, 0.2) is 0 Å². The van der Waals surface area contributed by atoms with Gasteiger partial charge < -0.3 is 5.32 Å². The molecule has 25 heavy (non-hydrogen) atoms. The minimum absolute atomic E-state index is 0.0813. The van der Waals surface area contributed by atoms with Crippen LogP contribution in [0, 0.1) is 5.92 Å². The second-order valence-corrected chi connectivity index (χ2v) is 9.27. The molecule has 0 unspecified atom stereocenters. The van der Waals surface area contributed by atoms with Gasteiger partial charge in [0.2, 0.25) is 10.0 Å². The van der Waals surface area contributed by atoms with Crippen LogP contribution in [0.4, 0.5) is 0 Å². The Bertz CT molecular complexity index is 662. The number of nitrogens with zero attached hydrogens (tertiary/aromatic N) is 1. The highest BCUT2D eigenvalue weighted by Gasteiger charge is 2.29. The van der Waals surface area contributed by atoms with Crippen LogP contribution in [-0.2, 0) is 10.0 Å². The lowest BCUT2D eigenvalue weighted by atomic mass is 9.96. The third-order valence-corrected chi connectivity index (χ3v) is 6.81. The lowest BCUT2D eigenvalue weighted by Crippen LogP contribution is -2.38. The molecule has 0 bridgehead atoms. The Kier molecular flexibility index (Phi) is 7.02. The first-order valence-electron chi connectivity index (χ1n) is 9.18. The molecule has 1 aromatic carbocycles. The Morgan fingerprint density at radius 1 is 1.16 bits per heavy atom. The molecule has 0 heterocycles. The monoisotopic (exact) mass is 366 g/mol. The predicted molar refractivity (Wildman–Crippen MR) is 100 cm³/mol. The Morgan fingerprint density at radius 2 is 1.76 bits per heavy atom. The Hall–Kier alpha value is -1.40. The Labute approximate surface area is 151 Å². The maximum absolute atomic E-state index is 12.8. The van der Waals surface area contributed by atoms with E-state index in [4.69, 9.17) is 0 Å². The Morgan fingerprint density at radius 3 is 2.32 bits per heavy atom. The number of rotatable bonds is 7. The van der Waals surface area contributed by atoms with Gasteiger partial charge in [0.1, 0.15) is 0 Å². The van der Waals surface area contributed by atoms with Gasteiger partial charge >= 0.3 is 0 Å². The van der Waals surface area contributed by atoms with Gasteiger partial charge in [-0.25, -0.2) is 8.42 Å². The topological polar surface area (TPSA) is 66.5 Å². The van der Waals surface area contributed by atoms with Crippen LogP contribution in [0.1, 0.15) is 62.7 Å². The van der Waals surface area contributed by atoms with E-state index in [1.54, 1.807) is 19.2 Å². The van der Waals surface area contributed by atoms with Gasteiger partial charge in [0.05, 0.1) is 4.90 Å². The highest BCUT2D eigenvalue weighted by Crippen LogP contribution is 2.26. The van der Waals surface area contributed by atoms with Gasteiger partial charge in [0, 0.05) is 25.2 Å². The van der Waals surface area contributed by atoms with E-state index in [9.17, 15) is 13.2 Å². The van der Waals surface area contributed by atoms with Crippen molar-refractivity contribution in [3.8, 4) is 0 Å². The standard InChI is InChI=1S/C19H30N2O3S/c1-15(2)13-14-20-19(22)16-9-11-18(12-10-16)25(23,24)21(3)17-7-5-4-6-8-17/h9-12,15,17H,4-8,13-14H2,1-3H3,(H,20,22). The van der Waals surface area contributed by atoms with Crippen molar-refractivity contribution in [1.29, 1.82) is 0 Å². The SMILES string of the molecule is CC(C)CCNC(=O)c1ccc(S(=O)(=O)N(C)C2CCCCC2)cc1. The van der Waals surface area contributed by atoms with E-state index in [1.807, 2.05) is 0 Å². The van der Waals surface area contributed by atoms with Gasteiger partial charge in [-0.3, -0.25) is 4.79 Å². The van der Waals surface area contributed by atoms with E-state index in [1.165, 1.54) is 22.9 Å². The lowest BCUT2D eigenvalue weighted by Gasteiger charge is -2.30. The minimum Gasteiger partial charge on any atom is -0.352 e. The molecule has 0 aromatic heterocycles. The molecule has 0 aliphatic heterocycles. The molecule has 0 saturated heterocycles. The minimum atomic E-state index is -3.51. The van der Waals surface area contributed by atoms with Crippen molar-refractivity contribution in [2.45, 2.75) is 63.3 Å². The molecule has 1 aliphatic carbocycles. The van der Waals surface area contributed by atoms with Crippen molar-refractivity contribution in [3.05, 3.63) is 29.8 Å². The van der Waals surface area contributed by atoms with Gasteiger partial charge in [-0.2, -0.15) is 4.31 Å². The highest BCUT2D eigenvalue weighted by atomic mass is 32.2. The summed E-state index contributed by atoms with van der Waals surface area (Å²) in [5.74, 6) is 0.369. The average Bonchev–Trinajstić information content (AvgIpc) is 2.61. The second kappa shape index (κ2) is 8.81. The molecule has 5 nitrogen and oxygen atoms in total. The van der Waals surface area contributed by atoms with Gasteiger partial charge in [0.25, 0.3) is 5.91 Å². The molecule has 1 fully saturated rings. The van der Waals surface area contributed by atoms with Crippen LogP contribution in [0.2, 0.25) is 0 Å². The van der Waals surface area contributed by atoms with Gasteiger partial charge in [-0.1, -0.05) is 33.1 Å². The van der Waals surface area contributed by atoms with E-state index in [0.29, 0.717) is 18.0 Å². The van der Waals surface area contributed by atoms with Crippen molar-refractivity contribution >= 4 is 15.9 Å². The summed E-state index contributed by atoms with van der Waals surface area (Å²) in [5.41, 5.74) is 0.489. The molecule has 1 aliphatic rings. The van der Waals surface area contributed by atoms with Crippen LogP contribution in [-0.4, -0.2) is 38.3 Å². The summed E-state index contributed by atoms with van der Waals surface area (Å²) < 4.78 is 27.1. The van der Waals surface area contributed by atoms with E-state index < -0.39 is 10.0 Å². The van der Waals surface area contributed by atoms with E-state index in [-0.39, 0.29) is 16.8 Å². The van der Waals surface area contributed by atoms with Crippen LogP contribution >= 0.6 is 0 Å². The fourth-order valence-electron chi connectivity index (χ4n) is 3.16. The first kappa shape index (κ1) is 19.9.